The van der Waals surface area contributed by atoms with Crippen molar-refractivity contribution in [2.45, 2.75) is 92.5 Å². The van der Waals surface area contributed by atoms with Gasteiger partial charge in [-0.15, -0.1) is 0 Å². The first-order chi connectivity index (χ1) is 9.10. The van der Waals surface area contributed by atoms with Crippen LogP contribution in [0.25, 0.3) is 0 Å². The van der Waals surface area contributed by atoms with E-state index in [-0.39, 0.29) is 17.9 Å². The highest BCUT2D eigenvalue weighted by Gasteiger charge is 2.35. The van der Waals surface area contributed by atoms with E-state index < -0.39 is 7.60 Å². The highest BCUT2D eigenvalue weighted by atomic mass is 31.2. The Kier molecular flexibility index (Phi) is 9.29. The van der Waals surface area contributed by atoms with Crippen LogP contribution in [0.1, 0.15) is 74.7 Å². The molecule has 20 heavy (non-hydrogen) atoms. The Hall–Kier alpha value is 0.150. The van der Waals surface area contributed by atoms with Gasteiger partial charge in [0.25, 0.3) is 0 Å². The smallest absolute Gasteiger partial charge is 0.305 e. The Balaban J connectivity index is 4.79. The summed E-state index contributed by atoms with van der Waals surface area (Å²) in [6.45, 7) is 16.6. The predicted octanol–water partition coefficient (Wildman–Crippen LogP) is 5.88. The fourth-order valence-corrected chi connectivity index (χ4v) is 4.46. The molecule has 3 atom stereocenters. The monoisotopic (exact) mass is 306 g/mol. The van der Waals surface area contributed by atoms with Crippen LogP contribution in [0.15, 0.2) is 0 Å². The van der Waals surface area contributed by atoms with E-state index in [9.17, 15) is 4.57 Å². The van der Waals surface area contributed by atoms with Crippen LogP contribution in [0.3, 0.4) is 0 Å². The maximum Gasteiger partial charge on any atom is 0.333 e. The lowest BCUT2D eigenvalue weighted by molar-refractivity contribution is 0.104. The van der Waals surface area contributed by atoms with Crippen molar-refractivity contribution in [2.24, 2.45) is 11.8 Å². The van der Waals surface area contributed by atoms with E-state index in [2.05, 4.69) is 27.7 Å². The molecule has 0 radical (unpaired) electrons. The Morgan fingerprint density at radius 3 is 1.40 bits per heavy atom. The Labute approximate surface area is 126 Å². The highest BCUT2D eigenvalue weighted by Crippen LogP contribution is 2.56. The van der Waals surface area contributed by atoms with Gasteiger partial charge < -0.3 is 9.05 Å². The summed E-state index contributed by atoms with van der Waals surface area (Å²) in [6, 6.07) is 0. The van der Waals surface area contributed by atoms with Crippen molar-refractivity contribution < 1.29 is 13.6 Å². The average Bonchev–Trinajstić information content (AvgIpc) is 2.24. The van der Waals surface area contributed by atoms with Crippen LogP contribution in [0, 0.1) is 11.8 Å². The van der Waals surface area contributed by atoms with Crippen molar-refractivity contribution in [1.29, 1.82) is 0 Å². The van der Waals surface area contributed by atoms with Crippen molar-refractivity contribution in [3.63, 3.8) is 0 Å². The van der Waals surface area contributed by atoms with Gasteiger partial charge >= 0.3 is 7.60 Å². The molecule has 4 heteroatoms. The molecule has 122 valence electrons. The molecule has 0 aliphatic heterocycles. The van der Waals surface area contributed by atoms with Gasteiger partial charge in [0.15, 0.2) is 0 Å². The quantitative estimate of drug-likeness (QED) is 0.473. The van der Waals surface area contributed by atoms with E-state index in [1.807, 2.05) is 27.7 Å². The molecule has 3 unspecified atom stereocenters. The van der Waals surface area contributed by atoms with Crippen LogP contribution in [0.5, 0.6) is 0 Å². The minimum Gasteiger partial charge on any atom is -0.305 e. The standard InChI is InChI=1S/C16H35O3P/c1-9-16(8)20(17,18-14(6)10-12(2)3)19-15(7)11-13(4)5/h12-16H,9-11H2,1-8H3. The normalized spacial score (nSPS) is 19.9. The fraction of sp³-hybridized carbons (Fsp3) is 1.00. The van der Waals surface area contributed by atoms with Crippen LogP contribution in [-0.2, 0) is 13.6 Å². The minimum absolute atomic E-state index is 0.0268. The molecule has 0 rings (SSSR count). The molecule has 0 bridgehead atoms. The van der Waals surface area contributed by atoms with Crippen molar-refractivity contribution in [3.8, 4) is 0 Å². The molecular formula is C16H35O3P. The lowest BCUT2D eigenvalue weighted by Gasteiger charge is -2.30. The highest BCUT2D eigenvalue weighted by molar-refractivity contribution is 7.54. The summed E-state index contributed by atoms with van der Waals surface area (Å²) < 4.78 is 24.9. The van der Waals surface area contributed by atoms with E-state index in [0.717, 1.165) is 19.3 Å². The van der Waals surface area contributed by atoms with Crippen molar-refractivity contribution in [2.75, 3.05) is 0 Å². The SMILES string of the molecule is CCC(C)P(=O)(OC(C)CC(C)C)OC(C)CC(C)C. The van der Waals surface area contributed by atoms with Gasteiger partial charge in [0.2, 0.25) is 0 Å². The number of rotatable bonds is 10. The molecule has 0 aliphatic rings. The molecule has 0 aromatic rings. The molecule has 0 aromatic carbocycles. The summed E-state index contributed by atoms with van der Waals surface area (Å²) >= 11 is 0. The minimum atomic E-state index is -3.04. The molecule has 0 aromatic heterocycles. The molecule has 0 aliphatic carbocycles. The fourth-order valence-electron chi connectivity index (χ4n) is 2.37. The zero-order chi connectivity index (χ0) is 15.9. The third-order valence-corrected chi connectivity index (χ3v) is 6.14. The van der Waals surface area contributed by atoms with Gasteiger partial charge in [-0.3, -0.25) is 4.57 Å². The number of hydrogen-bond acceptors (Lipinski definition) is 3. The average molecular weight is 306 g/mol. The number of hydrogen-bond donors (Lipinski definition) is 0. The molecule has 0 spiro atoms. The second kappa shape index (κ2) is 9.23. The summed E-state index contributed by atoms with van der Waals surface area (Å²) in [5.74, 6) is 1.06. The van der Waals surface area contributed by atoms with E-state index in [4.69, 9.17) is 9.05 Å². The predicted molar refractivity (Wildman–Crippen MR) is 87.4 cm³/mol. The maximum atomic E-state index is 13.1. The Bertz CT molecular complexity index is 280. The van der Waals surface area contributed by atoms with Gasteiger partial charge in [-0.1, -0.05) is 41.5 Å². The van der Waals surface area contributed by atoms with Crippen LogP contribution in [0.4, 0.5) is 0 Å². The van der Waals surface area contributed by atoms with Crippen LogP contribution >= 0.6 is 7.60 Å². The second-order valence-electron chi connectivity index (χ2n) is 6.89. The Morgan fingerprint density at radius 2 is 1.15 bits per heavy atom. The molecule has 0 saturated heterocycles. The zero-order valence-electron chi connectivity index (χ0n) is 14.7. The first-order valence-corrected chi connectivity index (χ1v) is 9.68. The Morgan fingerprint density at radius 1 is 0.800 bits per heavy atom. The lowest BCUT2D eigenvalue weighted by atomic mass is 10.1. The molecular weight excluding hydrogens is 271 g/mol. The third kappa shape index (κ3) is 7.81. The summed E-state index contributed by atoms with van der Waals surface area (Å²) in [4.78, 5) is 0. The van der Waals surface area contributed by atoms with E-state index >= 15 is 0 Å². The van der Waals surface area contributed by atoms with E-state index in [1.165, 1.54) is 0 Å². The molecule has 0 fully saturated rings. The molecule has 0 N–H and O–H groups in total. The molecule has 0 heterocycles. The van der Waals surface area contributed by atoms with Gasteiger partial charge in [-0.2, -0.15) is 0 Å². The first kappa shape index (κ1) is 20.1. The van der Waals surface area contributed by atoms with Crippen LogP contribution in [0.2, 0.25) is 0 Å². The van der Waals surface area contributed by atoms with Crippen molar-refractivity contribution in [1.82, 2.24) is 0 Å². The van der Waals surface area contributed by atoms with Crippen molar-refractivity contribution >= 4 is 7.60 Å². The van der Waals surface area contributed by atoms with Crippen molar-refractivity contribution in [3.05, 3.63) is 0 Å². The van der Waals surface area contributed by atoms with Crippen LogP contribution in [-0.4, -0.2) is 17.9 Å². The van der Waals surface area contributed by atoms with Crippen LogP contribution < -0.4 is 0 Å². The van der Waals surface area contributed by atoms with Gasteiger partial charge in [0.1, 0.15) is 0 Å². The van der Waals surface area contributed by atoms with Gasteiger partial charge in [0, 0.05) is 0 Å². The van der Waals surface area contributed by atoms with Gasteiger partial charge in [-0.25, -0.2) is 0 Å². The van der Waals surface area contributed by atoms with E-state index in [0.29, 0.717) is 11.8 Å². The first-order valence-electron chi connectivity index (χ1n) is 8.07. The third-order valence-electron chi connectivity index (χ3n) is 3.39. The maximum absolute atomic E-state index is 13.1. The van der Waals surface area contributed by atoms with Gasteiger partial charge in [0.05, 0.1) is 17.9 Å². The molecule has 0 amide bonds. The summed E-state index contributed by atoms with van der Waals surface area (Å²) in [5, 5.41) is 0. The largest absolute Gasteiger partial charge is 0.333 e. The lowest BCUT2D eigenvalue weighted by Crippen LogP contribution is -2.20. The molecule has 3 nitrogen and oxygen atoms in total. The van der Waals surface area contributed by atoms with Gasteiger partial charge in [-0.05, 0) is 44.9 Å². The second-order valence-corrected chi connectivity index (χ2v) is 9.27. The summed E-state index contributed by atoms with van der Waals surface area (Å²) in [6.07, 6.45) is 2.56. The zero-order valence-corrected chi connectivity index (χ0v) is 15.6. The summed E-state index contributed by atoms with van der Waals surface area (Å²) in [7, 11) is -3.04. The molecule has 0 saturated carbocycles. The van der Waals surface area contributed by atoms with E-state index in [1.54, 1.807) is 0 Å². The summed E-state index contributed by atoms with van der Waals surface area (Å²) in [5.41, 5.74) is -0.0493. The topological polar surface area (TPSA) is 35.5 Å².